The van der Waals surface area contributed by atoms with Gasteiger partial charge < -0.3 is 5.32 Å². The monoisotopic (exact) mass is 292 g/mol. The van der Waals surface area contributed by atoms with Crippen molar-refractivity contribution in [2.45, 2.75) is 13.0 Å². The van der Waals surface area contributed by atoms with Crippen LogP contribution < -0.4 is 5.32 Å². The molecule has 7 heteroatoms. The molecule has 1 fully saturated rings. The summed E-state index contributed by atoms with van der Waals surface area (Å²) in [5, 5.41) is 16.8. The van der Waals surface area contributed by atoms with Crippen molar-refractivity contribution in [3.63, 3.8) is 0 Å². The van der Waals surface area contributed by atoms with Crippen molar-refractivity contribution in [3.05, 3.63) is 35.1 Å². The SMILES string of the molecule is CC(c1nnn(-c2cccc(Cl)c2)n1)N1CCNCC1. The summed E-state index contributed by atoms with van der Waals surface area (Å²) < 4.78 is 0. The van der Waals surface area contributed by atoms with Crippen molar-refractivity contribution in [2.24, 2.45) is 0 Å². The Balaban J connectivity index is 1.79. The number of halogens is 1. The molecule has 0 aliphatic carbocycles. The highest BCUT2D eigenvalue weighted by molar-refractivity contribution is 6.30. The lowest BCUT2D eigenvalue weighted by molar-refractivity contribution is 0.179. The smallest absolute Gasteiger partial charge is 0.192 e. The van der Waals surface area contributed by atoms with Crippen LogP contribution in [0.4, 0.5) is 0 Å². The van der Waals surface area contributed by atoms with Gasteiger partial charge >= 0.3 is 0 Å². The predicted molar refractivity (Wildman–Crippen MR) is 77.0 cm³/mol. The summed E-state index contributed by atoms with van der Waals surface area (Å²) in [6.07, 6.45) is 0. The molecule has 1 saturated heterocycles. The molecule has 0 bridgehead atoms. The minimum absolute atomic E-state index is 0.171. The lowest BCUT2D eigenvalue weighted by Crippen LogP contribution is -2.44. The van der Waals surface area contributed by atoms with Crippen molar-refractivity contribution < 1.29 is 0 Å². The minimum atomic E-state index is 0.171. The molecular formula is C13H17ClN6. The molecule has 2 aromatic rings. The molecule has 20 heavy (non-hydrogen) atoms. The summed E-state index contributed by atoms with van der Waals surface area (Å²) in [7, 11) is 0. The van der Waals surface area contributed by atoms with Crippen LogP contribution in [0, 0.1) is 0 Å². The van der Waals surface area contributed by atoms with Crippen LogP contribution in [0.3, 0.4) is 0 Å². The first-order valence-electron chi connectivity index (χ1n) is 6.74. The Bertz CT molecular complexity index is 578. The number of hydrogen-bond acceptors (Lipinski definition) is 5. The average Bonchev–Trinajstić information content (AvgIpc) is 2.97. The van der Waals surface area contributed by atoms with E-state index >= 15 is 0 Å². The van der Waals surface area contributed by atoms with E-state index in [1.807, 2.05) is 24.3 Å². The van der Waals surface area contributed by atoms with Gasteiger partial charge in [0.15, 0.2) is 5.82 Å². The van der Waals surface area contributed by atoms with Gasteiger partial charge in [-0.3, -0.25) is 4.90 Å². The van der Waals surface area contributed by atoms with E-state index in [0.717, 1.165) is 37.7 Å². The highest BCUT2D eigenvalue weighted by Crippen LogP contribution is 2.17. The highest BCUT2D eigenvalue weighted by atomic mass is 35.5. The van der Waals surface area contributed by atoms with Gasteiger partial charge in [-0.2, -0.15) is 0 Å². The lowest BCUT2D eigenvalue weighted by Gasteiger charge is -2.30. The first-order valence-corrected chi connectivity index (χ1v) is 7.12. The number of nitrogens with one attached hydrogen (secondary N) is 1. The highest BCUT2D eigenvalue weighted by Gasteiger charge is 2.21. The van der Waals surface area contributed by atoms with E-state index in [1.54, 1.807) is 0 Å². The zero-order valence-electron chi connectivity index (χ0n) is 11.3. The van der Waals surface area contributed by atoms with Crippen LogP contribution in [0.25, 0.3) is 5.69 Å². The molecule has 0 spiro atoms. The second-order valence-electron chi connectivity index (χ2n) is 4.88. The second-order valence-corrected chi connectivity index (χ2v) is 5.32. The van der Waals surface area contributed by atoms with Gasteiger partial charge in [-0.1, -0.05) is 17.7 Å². The predicted octanol–water partition coefficient (Wildman–Crippen LogP) is 1.28. The topological polar surface area (TPSA) is 58.9 Å². The molecule has 0 saturated carbocycles. The van der Waals surface area contributed by atoms with Gasteiger partial charge in [0.25, 0.3) is 0 Å². The van der Waals surface area contributed by atoms with E-state index in [9.17, 15) is 0 Å². The van der Waals surface area contributed by atoms with Crippen molar-refractivity contribution >= 4 is 11.6 Å². The summed E-state index contributed by atoms with van der Waals surface area (Å²) in [6.45, 7) is 6.14. The lowest BCUT2D eigenvalue weighted by atomic mass is 10.2. The van der Waals surface area contributed by atoms with E-state index in [2.05, 4.69) is 32.6 Å². The van der Waals surface area contributed by atoms with E-state index in [0.29, 0.717) is 5.02 Å². The number of aromatic nitrogens is 4. The standard InChI is InChI=1S/C13H17ClN6/c1-10(19-7-5-15-6-8-19)13-16-18-20(17-13)12-4-2-3-11(14)9-12/h2-4,9-10,15H,5-8H2,1H3. The Hall–Kier alpha value is -1.50. The maximum absolute atomic E-state index is 5.98. The molecule has 1 aromatic heterocycles. The van der Waals surface area contributed by atoms with Gasteiger partial charge in [0.1, 0.15) is 0 Å². The Labute approximate surface area is 122 Å². The summed E-state index contributed by atoms with van der Waals surface area (Å²) in [4.78, 5) is 3.88. The van der Waals surface area contributed by atoms with Gasteiger partial charge in [0.2, 0.25) is 0 Å². The number of piperazine rings is 1. The molecule has 1 aliphatic heterocycles. The molecule has 1 atom stereocenters. The van der Waals surface area contributed by atoms with Crippen molar-refractivity contribution in [3.8, 4) is 5.69 Å². The summed E-state index contributed by atoms with van der Waals surface area (Å²) in [6, 6.07) is 7.60. The molecular weight excluding hydrogens is 276 g/mol. The Morgan fingerprint density at radius 2 is 2.10 bits per heavy atom. The van der Waals surface area contributed by atoms with Gasteiger partial charge in [-0.25, -0.2) is 0 Å². The van der Waals surface area contributed by atoms with Crippen molar-refractivity contribution in [1.29, 1.82) is 0 Å². The maximum Gasteiger partial charge on any atom is 0.192 e. The summed E-state index contributed by atoms with van der Waals surface area (Å²) in [5.41, 5.74) is 0.823. The van der Waals surface area contributed by atoms with Crippen LogP contribution in [0.2, 0.25) is 5.02 Å². The zero-order valence-corrected chi connectivity index (χ0v) is 12.1. The summed E-state index contributed by atoms with van der Waals surface area (Å²) >= 11 is 5.98. The average molecular weight is 293 g/mol. The van der Waals surface area contributed by atoms with E-state index in [-0.39, 0.29) is 6.04 Å². The number of tetrazole rings is 1. The molecule has 0 amide bonds. The third-order valence-electron chi connectivity index (χ3n) is 3.54. The van der Waals surface area contributed by atoms with Crippen LogP contribution in [-0.2, 0) is 0 Å². The van der Waals surface area contributed by atoms with Crippen LogP contribution in [-0.4, -0.2) is 51.3 Å². The molecule has 3 rings (SSSR count). The Kier molecular flexibility index (Phi) is 3.95. The Morgan fingerprint density at radius 1 is 1.30 bits per heavy atom. The van der Waals surface area contributed by atoms with E-state index < -0.39 is 0 Å². The largest absolute Gasteiger partial charge is 0.314 e. The molecule has 1 N–H and O–H groups in total. The molecule has 1 unspecified atom stereocenters. The van der Waals surface area contributed by atoms with E-state index in [4.69, 9.17) is 11.6 Å². The molecule has 106 valence electrons. The second kappa shape index (κ2) is 5.87. The van der Waals surface area contributed by atoms with Crippen molar-refractivity contribution in [1.82, 2.24) is 30.4 Å². The molecule has 6 nitrogen and oxygen atoms in total. The third kappa shape index (κ3) is 2.82. The van der Waals surface area contributed by atoms with Gasteiger partial charge in [-0.05, 0) is 30.3 Å². The molecule has 1 aromatic carbocycles. The number of benzene rings is 1. The van der Waals surface area contributed by atoms with Crippen molar-refractivity contribution in [2.75, 3.05) is 26.2 Å². The first kappa shape index (κ1) is 13.5. The normalized spacial score (nSPS) is 18.1. The fourth-order valence-electron chi connectivity index (χ4n) is 2.33. The van der Waals surface area contributed by atoms with Crippen LogP contribution in [0.5, 0.6) is 0 Å². The molecule has 0 radical (unpaired) electrons. The molecule has 1 aliphatic rings. The fraction of sp³-hybridized carbons (Fsp3) is 0.462. The van der Waals surface area contributed by atoms with Gasteiger partial charge in [-0.15, -0.1) is 15.0 Å². The quantitative estimate of drug-likeness (QED) is 0.923. The van der Waals surface area contributed by atoms with Gasteiger partial charge in [0.05, 0.1) is 11.7 Å². The third-order valence-corrected chi connectivity index (χ3v) is 3.78. The van der Waals surface area contributed by atoms with E-state index in [1.165, 1.54) is 4.80 Å². The Morgan fingerprint density at radius 3 is 2.85 bits per heavy atom. The van der Waals surface area contributed by atoms with Crippen LogP contribution >= 0.6 is 11.6 Å². The molecule has 2 heterocycles. The van der Waals surface area contributed by atoms with Gasteiger partial charge in [0, 0.05) is 31.2 Å². The minimum Gasteiger partial charge on any atom is -0.314 e. The first-order chi connectivity index (χ1) is 9.74. The fourth-order valence-corrected chi connectivity index (χ4v) is 2.52. The summed E-state index contributed by atoms with van der Waals surface area (Å²) in [5.74, 6) is 0.742. The number of rotatable bonds is 3. The maximum atomic E-state index is 5.98. The van der Waals surface area contributed by atoms with Crippen LogP contribution in [0.1, 0.15) is 18.8 Å². The zero-order chi connectivity index (χ0) is 13.9. The number of nitrogens with zero attached hydrogens (tertiary/aromatic N) is 5. The number of hydrogen-bond donors (Lipinski definition) is 1. The van der Waals surface area contributed by atoms with Crippen LogP contribution in [0.15, 0.2) is 24.3 Å².